The average molecular weight is 370 g/mol. The van der Waals surface area contributed by atoms with Gasteiger partial charge in [-0.3, -0.25) is 14.4 Å². The van der Waals surface area contributed by atoms with Crippen LogP contribution in [-0.4, -0.2) is 47.3 Å². The van der Waals surface area contributed by atoms with Gasteiger partial charge in [0.25, 0.3) is 0 Å². The zero-order valence-electron chi connectivity index (χ0n) is 23.9. The number of nitrogens with one attached hydrogen (secondary N) is 1. The Kier molecular flexibility index (Phi) is 3.52. The van der Waals surface area contributed by atoms with Crippen LogP contribution in [0.3, 0.4) is 0 Å². The van der Waals surface area contributed by atoms with Crippen molar-refractivity contribution in [2.24, 2.45) is 11.8 Å². The first kappa shape index (κ1) is 10.8. The molecule has 0 bridgehead atoms. The zero-order chi connectivity index (χ0) is 27.3. The van der Waals surface area contributed by atoms with Crippen LogP contribution in [0, 0.1) is 11.8 Å². The van der Waals surface area contributed by atoms with E-state index in [2.05, 4.69) is 5.32 Å². The maximum absolute atomic E-state index is 13.1. The lowest BCUT2D eigenvalue weighted by Gasteiger charge is -2.24. The number of ketones is 1. The molecule has 0 spiro atoms. The second kappa shape index (κ2) is 8.45. The quantitative estimate of drug-likeness (QED) is 0.795. The molecule has 1 aliphatic heterocycles. The molecule has 0 fully saturated rings. The average Bonchev–Trinajstić information content (AvgIpc) is 2.84. The molecule has 142 valence electrons. The van der Waals surface area contributed by atoms with E-state index < -0.39 is 84.5 Å². The van der Waals surface area contributed by atoms with E-state index in [9.17, 15) is 19.5 Å². The van der Waals surface area contributed by atoms with Crippen molar-refractivity contribution in [2.45, 2.75) is 45.7 Å². The number of rotatable bonds is 6. The lowest BCUT2D eigenvalue weighted by atomic mass is 9.94. The fourth-order valence-electron chi connectivity index (χ4n) is 2.53. The van der Waals surface area contributed by atoms with Gasteiger partial charge in [0.2, 0.25) is 11.8 Å². The minimum absolute atomic E-state index is 0.00537. The van der Waals surface area contributed by atoms with Crippen molar-refractivity contribution >= 4 is 17.6 Å². The van der Waals surface area contributed by atoms with E-state index in [0.29, 0.717) is 0 Å². The van der Waals surface area contributed by atoms with Gasteiger partial charge in [0, 0.05) is 31.4 Å². The molecule has 4 atom stereocenters. The minimum atomic E-state index is -2.98. The van der Waals surface area contributed by atoms with E-state index in [1.54, 1.807) is 0 Å². The van der Waals surface area contributed by atoms with Gasteiger partial charge in [-0.1, -0.05) is 44.9 Å². The number of hydrogen-bond acceptors (Lipinski definition) is 4. The second-order valence-electron chi connectivity index (χ2n) is 6.35. The summed E-state index contributed by atoms with van der Waals surface area (Å²) in [6, 6.07) is -4.93. The Morgan fingerprint density at radius 2 is 2.19 bits per heavy atom. The van der Waals surface area contributed by atoms with Gasteiger partial charge in [0.1, 0.15) is 12.1 Å². The van der Waals surface area contributed by atoms with Crippen LogP contribution in [0.25, 0.3) is 0 Å². The molecule has 2 N–H and O–H groups in total. The van der Waals surface area contributed by atoms with Crippen molar-refractivity contribution in [1.82, 2.24) is 10.2 Å². The minimum Gasteiger partial charge on any atom is -0.385 e. The van der Waals surface area contributed by atoms with E-state index in [-0.39, 0.29) is 18.5 Å². The molecule has 0 saturated heterocycles. The molecule has 0 aromatic heterocycles. The maximum atomic E-state index is 13.1. The standard InChI is InChI=1S/C20H28N2O4/c1-12(2)18(24)16(23)11-13(3)19(25)21-17-15-8-6-5-7-14(15)9-10-22(4)20(17)26/h5-8,12-13,17-18,24H,9-11H2,1-4H3,(H,21,25)/t13-,17+,18+/m1/s1/i1D3,5D,6D,7D,8D,12D,17D/t12?,13-,17+,18+. The summed E-state index contributed by atoms with van der Waals surface area (Å²) < 4.78 is 71.0. The molecule has 6 heteroatoms. The van der Waals surface area contributed by atoms with Crippen molar-refractivity contribution in [3.05, 3.63) is 35.3 Å². The lowest BCUT2D eigenvalue weighted by molar-refractivity contribution is -0.137. The summed E-state index contributed by atoms with van der Waals surface area (Å²) in [5, 5.41) is 12.3. The molecule has 0 radical (unpaired) electrons. The van der Waals surface area contributed by atoms with Gasteiger partial charge in [-0.05, 0) is 23.4 Å². The van der Waals surface area contributed by atoms with Crippen LogP contribution in [0.1, 0.15) is 56.6 Å². The van der Waals surface area contributed by atoms with Crippen molar-refractivity contribution in [2.75, 3.05) is 13.6 Å². The van der Waals surface area contributed by atoms with Crippen LogP contribution in [0.2, 0.25) is 0 Å². The smallest absolute Gasteiger partial charge is 0.249 e. The largest absolute Gasteiger partial charge is 0.385 e. The number of hydrogen-bond donors (Lipinski definition) is 2. The van der Waals surface area contributed by atoms with E-state index in [0.717, 1.165) is 11.8 Å². The Bertz CT molecular complexity index is 1060. The normalized spacial score (nSPS) is 30.1. The number of fused-ring (bicyclic) bond motifs is 1. The molecule has 1 aromatic carbocycles. The van der Waals surface area contributed by atoms with Crippen LogP contribution in [0.15, 0.2) is 24.2 Å². The van der Waals surface area contributed by atoms with Crippen LogP contribution < -0.4 is 5.32 Å². The fraction of sp³-hybridized carbons (Fsp3) is 0.550. The van der Waals surface area contributed by atoms with E-state index >= 15 is 0 Å². The van der Waals surface area contributed by atoms with Gasteiger partial charge >= 0.3 is 0 Å². The Hall–Kier alpha value is -2.21. The highest BCUT2D eigenvalue weighted by Crippen LogP contribution is 2.25. The summed E-state index contributed by atoms with van der Waals surface area (Å²) in [5.41, 5.74) is -0.392. The van der Waals surface area contributed by atoms with Crippen LogP contribution >= 0.6 is 0 Å². The number of amides is 2. The van der Waals surface area contributed by atoms with E-state index in [1.807, 2.05) is 0 Å². The molecule has 1 heterocycles. The zero-order valence-corrected chi connectivity index (χ0v) is 14.9. The molecule has 0 aliphatic carbocycles. The van der Waals surface area contributed by atoms with Gasteiger partial charge < -0.3 is 15.3 Å². The number of benzene rings is 1. The van der Waals surface area contributed by atoms with Crippen LogP contribution in [0.4, 0.5) is 0 Å². The molecule has 6 nitrogen and oxygen atoms in total. The fourth-order valence-corrected chi connectivity index (χ4v) is 2.53. The number of aliphatic hydroxyl groups excluding tert-OH is 1. The number of likely N-dealkylation sites (N-methyl/N-ethyl adjacent to an activating group) is 1. The van der Waals surface area contributed by atoms with Crippen LogP contribution in [-0.2, 0) is 20.8 Å². The molecule has 1 aliphatic rings. The highest BCUT2D eigenvalue weighted by molar-refractivity contribution is 5.92. The summed E-state index contributed by atoms with van der Waals surface area (Å²) in [5.74, 6) is -6.85. The van der Waals surface area contributed by atoms with E-state index in [4.69, 9.17) is 12.3 Å². The first-order valence-corrected chi connectivity index (χ1v) is 8.17. The molecule has 0 saturated carbocycles. The van der Waals surface area contributed by atoms with Crippen molar-refractivity contribution < 1.29 is 31.8 Å². The monoisotopic (exact) mass is 369 g/mol. The lowest BCUT2D eigenvalue weighted by Crippen LogP contribution is -2.43. The highest BCUT2D eigenvalue weighted by atomic mass is 16.3. The number of aliphatic hydroxyl groups is 1. The Morgan fingerprint density at radius 3 is 2.88 bits per heavy atom. The van der Waals surface area contributed by atoms with Gasteiger partial charge in [0.05, 0.1) is 6.85 Å². The molecular weight excluding hydrogens is 332 g/mol. The third kappa shape index (κ3) is 4.49. The molecule has 2 rings (SSSR count). The Balaban J connectivity index is 2.42. The van der Waals surface area contributed by atoms with Crippen LogP contribution in [0.5, 0.6) is 0 Å². The van der Waals surface area contributed by atoms with Gasteiger partial charge in [-0.2, -0.15) is 0 Å². The van der Waals surface area contributed by atoms with Gasteiger partial charge in [0.15, 0.2) is 5.78 Å². The second-order valence-corrected chi connectivity index (χ2v) is 6.35. The third-order valence-corrected chi connectivity index (χ3v) is 4.19. The highest BCUT2D eigenvalue weighted by Gasteiger charge is 2.32. The van der Waals surface area contributed by atoms with E-state index in [1.165, 1.54) is 14.0 Å². The molecule has 26 heavy (non-hydrogen) atoms. The first-order valence-electron chi connectivity index (χ1n) is 12.7. The van der Waals surface area contributed by atoms with Crippen molar-refractivity contribution in [3.63, 3.8) is 0 Å². The Labute approximate surface area is 167 Å². The predicted molar refractivity (Wildman–Crippen MR) is 98.3 cm³/mol. The molecule has 2 amide bonds. The maximum Gasteiger partial charge on any atom is 0.249 e. The predicted octanol–water partition coefficient (Wildman–Crippen LogP) is 1.47. The summed E-state index contributed by atoms with van der Waals surface area (Å²) in [4.78, 5) is 39.6. The van der Waals surface area contributed by atoms with Crippen molar-refractivity contribution in [1.29, 1.82) is 0 Å². The molecule has 1 unspecified atom stereocenters. The molecular formula is C20H28N2O4. The summed E-state index contributed by atoms with van der Waals surface area (Å²) in [7, 11) is 1.35. The number of carbonyl (C=O) groups is 3. The summed E-state index contributed by atoms with van der Waals surface area (Å²) >= 11 is 0. The summed E-state index contributed by atoms with van der Waals surface area (Å²) in [6.45, 7) is -0.840. The first-order chi connectivity index (χ1) is 15.8. The number of Topliss-reactive ketones (excluding diaryl/α,β-unsaturated/α-hetero) is 1. The Morgan fingerprint density at radius 1 is 1.50 bits per heavy atom. The third-order valence-electron chi connectivity index (χ3n) is 4.19. The number of carbonyl (C=O) groups excluding carboxylic acids is 3. The summed E-state index contributed by atoms with van der Waals surface area (Å²) in [6.07, 6.45) is -2.91. The molecule has 1 aromatic rings. The topological polar surface area (TPSA) is 86.7 Å². The van der Waals surface area contributed by atoms with Crippen molar-refractivity contribution in [3.8, 4) is 0 Å². The van der Waals surface area contributed by atoms with Gasteiger partial charge in [-0.15, -0.1) is 0 Å². The number of nitrogens with zero attached hydrogens (tertiary/aromatic N) is 1. The SMILES string of the molecule is [2H]c1c([2H])c([2H])c2c(c1[2H])CCN(C)C(=O)[C@@]2([2H])NC(=O)[C@H](C)CC(=O)[C@@H](O)C([2H])(C)C([2H])([2H])[2H]. The van der Waals surface area contributed by atoms with Gasteiger partial charge in [-0.25, -0.2) is 0 Å².